The summed E-state index contributed by atoms with van der Waals surface area (Å²) in [6.45, 7) is 1.16. The average Bonchev–Trinajstić information content (AvgIpc) is 3.02. The van der Waals surface area contributed by atoms with Gasteiger partial charge in [0.1, 0.15) is 11.5 Å². The summed E-state index contributed by atoms with van der Waals surface area (Å²) in [5.41, 5.74) is 1.36. The number of nitrogens with one attached hydrogen (secondary N) is 1. The lowest BCUT2D eigenvalue weighted by atomic mass is 10.1. The fourth-order valence-corrected chi connectivity index (χ4v) is 2.09. The molecule has 2 N–H and O–H groups in total. The second kappa shape index (κ2) is 8.14. The standard InChI is InChI=1S/C17H19NO5/c1-22-17(21)13-6-4-12(5-7-13)15-9-8-14(23-15)11-18-10-2-3-16(19)20/h4-9,18H,2-3,10-11H2,1H3,(H,19,20). The molecular formula is C17H19NO5. The van der Waals surface area contributed by atoms with Gasteiger partial charge in [-0.05, 0) is 37.2 Å². The predicted molar refractivity (Wildman–Crippen MR) is 84.1 cm³/mol. The first kappa shape index (κ1) is 16.8. The summed E-state index contributed by atoms with van der Waals surface area (Å²) in [4.78, 5) is 21.8. The Kier molecular flexibility index (Phi) is 5.94. The maximum absolute atomic E-state index is 11.4. The van der Waals surface area contributed by atoms with E-state index in [0.717, 1.165) is 11.3 Å². The number of methoxy groups -OCH3 is 1. The van der Waals surface area contributed by atoms with Gasteiger partial charge in [0.2, 0.25) is 0 Å². The Morgan fingerprint density at radius 1 is 1.17 bits per heavy atom. The van der Waals surface area contributed by atoms with E-state index in [1.165, 1.54) is 7.11 Å². The molecule has 0 radical (unpaired) electrons. The third-order valence-electron chi connectivity index (χ3n) is 3.30. The van der Waals surface area contributed by atoms with Crippen molar-refractivity contribution in [3.8, 4) is 11.3 Å². The van der Waals surface area contributed by atoms with Crippen LogP contribution in [0.3, 0.4) is 0 Å². The van der Waals surface area contributed by atoms with Crippen molar-refractivity contribution in [1.29, 1.82) is 0 Å². The van der Waals surface area contributed by atoms with Crippen LogP contribution in [0.1, 0.15) is 29.0 Å². The Labute approximate surface area is 134 Å². The van der Waals surface area contributed by atoms with E-state index in [4.69, 9.17) is 9.52 Å². The summed E-state index contributed by atoms with van der Waals surface area (Å²) >= 11 is 0. The van der Waals surface area contributed by atoms with Crippen LogP contribution in [0.15, 0.2) is 40.8 Å². The van der Waals surface area contributed by atoms with Crippen molar-refractivity contribution in [3.05, 3.63) is 47.7 Å². The Hall–Kier alpha value is -2.60. The van der Waals surface area contributed by atoms with E-state index in [1.54, 1.807) is 24.3 Å². The molecule has 0 atom stereocenters. The van der Waals surface area contributed by atoms with E-state index in [0.29, 0.717) is 30.8 Å². The second-order valence-corrected chi connectivity index (χ2v) is 5.01. The lowest BCUT2D eigenvalue weighted by molar-refractivity contribution is -0.137. The molecule has 0 spiro atoms. The van der Waals surface area contributed by atoms with Crippen LogP contribution in [0.2, 0.25) is 0 Å². The van der Waals surface area contributed by atoms with E-state index >= 15 is 0 Å². The summed E-state index contributed by atoms with van der Waals surface area (Å²) in [7, 11) is 1.35. The molecule has 6 heteroatoms. The summed E-state index contributed by atoms with van der Waals surface area (Å²) in [5.74, 6) is 0.320. The Balaban J connectivity index is 1.88. The van der Waals surface area contributed by atoms with Crippen molar-refractivity contribution in [2.24, 2.45) is 0 Å². The molecule has 0 aliphatic rings. The molecule has 122 valence electrons. The van der Waals surface area contributed by atoms with Gasteiger partial charge in [0.05, 0.1) is 19.2 Å². The van der Waals surface area contributed by atoms with Crippen molar-refractivity contribution < 1.29 is 23.8 Å². The molecule has 1 heterocycles. The molecule has 1 aromatic heterocycles. The molecule has 0 bridgehead atoms. The second-order valence-electron chi connectivity index (χ2n) is 5.01. The summed E-state index contributed by atoms with van der Waals surface area (Å²) in [5, 5.41) is 11.7. The van der Waals surface area contributed by atoms with Crippen LogP contribution in [0.5, 0.6) is 0 Å². The molecule has 2 aromatic rings. The topological polar surface area (TPSA) is 88.8 Å². The zero-order chi connectivity index (χ0) is 16.7. The van der Waals surface area contributed by atoms with Crippen LogP contribution >= 0.6 is 0 Å². The Morgan fingerprint density at radius 2 is 1.91 bits per heavy atom. The van der Waals surface area contributed by atoms with Crippen LogP contribution in [0, 0.1) is 0 Å². The Morgan fingerprint density at radius 3 is 2.57 bits per heavy atom. The van der Waals surface area contributed by atoms with Gasteiger partial charge in [-0.3, -0.25) is 4.79 Å². The molecule has 0 saturated carbocycles. The van der Waals surface area contributed by atoms with Gasteiger partial charge in [-0.2, -0.15) is 0 Å². The normalized spacial score (nSPS) is 10.5. The van der Waals surface area contributed by atoms with Gasteiger partial charge in [0.25, 0.3) is 0 Å². The van der Waals surface area contributed by atoms with Gasteiger partial charge >= 0.3 is 11.9 Å². The van der Waals surface area contributed by atoms with Crippen LogP contribution in [-0.2, 0) is 16.1 Å². The smallest absolute Gasteiger partial charge is 0.337 e. The third-order valence-corrected chi connectivity index (χ3v) is 3.30. The third kappa shape index (κ3) is 4.96. The number of rotatable bonds is 8. The van der Waals surface area contributed by atoms with E-state index in [-0.39, 0.29) is 12.4 Å². The van der Waals surface area contributed by atoms with Crippen LogP contribution < -0.4 is 5.32 Å². The van der Waals surface area contributed by atoms with Gasteiger partial charge in [-0.25, -0.2) is 4.79 Å². The molecule has 0 saturated heterocycles. The number of carboxylic acid groups (broad SMARTS) is 1. The predicted octanol–water partition coefficient (Wildman–Crippen LogP) is 2.69. The first-order valence-electron chi connectivity index (χ1n) is 7.30. The van der Waals surface area contributed by atoms with E-state index < -0.39 is 5.97 Å². The molecular weight excluding hydrogens is 298 g/mol. The van der Waals surface area contributed by atoms with Crippen molar-refractivity contribution in [3.63, 3.8) is 0 Å². The van der Waals surface area contributed by atoms with Gasteiger partial charge in [-0.1, -0.05) is 12.1 Å². The van der Waals surface area contributed by atoms with Gasteiger partial charge in [-0.15, -0.1) is 0 Å². The number of aliphatic carboxylic acids is 1. The highest BCUT2D eigenvalue weighted by Gasteiger charge is 2.08. The SMILES string of the molecule is COC(=O)c1ccc(-c2ccc(CNCCCC(=O)O)o2)cc1. The largest absolute Gasteiger partial charge is 0.481 e. The number of furan rings is 1. The van der Waals surface area contributed by atoms with Crippen molar-refractivity contribution in [1.82, 2.24) is 5.32 Å². The molecule has 0 amide bonds. The average molecular weight is 317 g/mol. The zero-order valence-corrected chi connectivity index (χ0v) is 12.9. The summed E-state index contributed by atoms with van der Waals surface area (Å²) in [6, 6.07) is 10.7. The van der Waals surface area contributed by atoms with Crippen LogP contribution in [0.25, 0.3) is 11.3 Å². The number of carboxylic acids is 1. The lowest BCUT2D eigenvalue weighted by Gasteiger charge is -2.02. The maximum Gasteiger partial charge on any atom is 0.337 e. The first-order chi connectivity index (χ1) is 11.1. The van der Waals surface area contributed by atoms with E-state index in [9.17, 15) is 9.59 Å². The minimum absolute atomic E-state index is 0.156. The molecule has 0 unspecified atom stereocenters. The highest BCUT2D eigenvalue weighted by atomic mass is 16.5. The van der Waals surface area contributed by atoms with E-state index in [1.807, 2.05) is 12.1 Å². The number of hydrogen-bond donors (Lipinski definition) is 2. The monoisotopic (exact) mass is 317 g/mol. The summed E-state index contributed by atoms with van der Waals surface area (Å²) < 4.78 is 10.4. The molecule has 1 aromatic carbocycles. The molecule has 6 nitrogen and oxygen atoms in total. The fourth-order valence-electron chi connectivity index (χ4n) is 2.09. The Bertz CT molecular complexity index is 660. The zero-order valence-electron chi connectivity index (χ0n) is 12.9. The molecule has 0 aliphatic heterocycles. The van der Waals surface area contributed by atoms with Crippen molar-refractivity contribution in [2.45, 2.75) is 19.4 Å². The van der Waals surface area contributed by atoms with Crippen LogP contribution in [-0.4, -0.2) is 30.7 Å². The highest BCUT2D eigenvalue weighted by Crippen LogP contribution is 2.22. The van der Waals surface area contributed by atoms with E-state index in [2.05, 4.69) is 10.1 Å². The number of ether oxygens (including phenoxy) is 1. The molecule has 2 rings (SSSR count). The van der Waals surface area contributed by atoms with Crippen molar-refractivity contribution in [2.75, 3.05) is 13.7 Å². The van der Waals surface area contributed by atoms with Gasteiger partial charge in [0.15, 0.2) is 0 Å². The first-order valence-corrected chi connectivity index (χ1v) is 7.30. The lowest BCUT2D eigenvalue weighted by Crippen LogP contribution is -2.15. The minimum atomic E-state index is -0.789. The van der Waals surface area contributed by atoms with Gasteiger partial charge in [0, 0.05) is 12.0 Å². The molecule has 0 aliphatic carbocycles. The fraction of sp³-hybridized carbons (Fsp3) is 0.294. The number of carbonyl (C=O) groups excluding carboxylic acids is 1. The summed E-state index contributed by atoms with van der Waals surface area (Å²) in [6.07, 6.45) is 0.737. The highest BCUT2D eigenvalue weighted by molar-refractivity contribution is 5.89. The maximum atomic E-state index is 11.4. The van der Waals surface area contributed by atoms with Gasteiger partial charge < -0.3 is 19.6 Å². The molecule has 23 heavy (non-hydrogen) atoms. The molecule has 0 fully saturated rings. The number of hydrogen-bond acceptors (Lipinski definition) is 5. The minimum Gasteiger partial charge on any atom is -0.481 e. The van der Waals surface area contributed by atoms with Crippen LogP contribution in [0.4, 0.5) is 0 Å². The van der Waals surface area contributed by atoms with Crippen molar-refractivity contribution >= 4 is 11.9 Å². The quantitative estimate of drug-likeness (QED) is 0.575. The number of esters is 1. The number of benzene rings is 1. The number of carbonyl (C=O) groups is 2.